The van der Waals surface area contributed by atoms with Crippen molar-refractivity contribution in [2.24, 2.45) is 0 Å². The Balaban J connectivity index is 1.96. The standard InChI is InChI=1S/C15H24N2O2/c1-3-14(7-6-8-14)17-11(2)12(18)16-15(13(17)19)9-4-5-10-15/h11H,3-10H2,1-2H3,(H,16,18). The van der Waals surface area contributed by atoms with E-state index in [0.29, 0.717) is 0 Å². The number of hydrogen-bond donors (Lipinski definition) is 1. The fourth-order valence-corrected chi connectivity index (χ4v) is 4.21. The van der Waals surface area contributed by atoms with E-state index >= 15 is 0 Å². The van der Waals surface area contributed by atoms with Gasteiger partial charge in [0.05, 0.1) is 0 Å². The van der Waals surface area contributed by atoms with E-state index in [1.165, 1.54) is 6.42 Å². The molecule has 1 spiro atoms. The van der Waals surface area contributed by atoms with Gasteiger partial charge in [-0.1, -0.05) is 19.8 Å². The number of hydrogen-bond acceptors (Lipinski definition) is 2. The lowest BCUT2D eigenvalue weighted by Crippen LogP contribution is -2.74. The van der Waals surface area contributed by atoms with E-state index in [1.807, 2.05) is 11.8 Å². The second-order valence-corrected chi connectivity index (χ2v) is 6.56. The molecule has 0 bridgehead atoms. The Bertz CT molecular complexity index is 403. The Hall–Kier alpha value is -1.06. The first-order chi connectivity index (χ1) is 9.05. The highest BCUT2D eigenvalue weighted by Crippen LogP contribution is 2.46. The van der Waals surface area contributed by atoms with Crippen LogP contribution >= 0.6 is 0 Å². The van der Waals surface area contributed by atoms with Crippen LogP contribution in [0.3, 0.4) is 0 Å². The molecule has 4 nitrogen and oxygen atoms in total. The van der Waals surface area contributed by atoms with Crippen LogP contribution in [0.4, 0.5) is 0 Å². The lowest BCUT2D eigenvalue weighted by molar-refractivity contribution is -0.167. The molecule has 0 aromatic carbocycles. The van der Waals surface area contributed by atoms with Gasteiger partial charge in [0.2, 0.25) is 11.8 Å². The maximum Gasteiger partial charge on any atom is 0.249 e. The summed E-state index contributed by atoms with van der Waals surface area (Å²) in [5.74, 6) is 0.236. The lowest BCUT2D eigenvalue weighted by atomic mass is 9.71. The zero-order chi connectivity index (χ0) is 13.7. The monoisotopic (exact) mass is 264 g/mol. The van der Waals surface area contributed by atoms with Gasteiger partial charge in [-0.15, -0.1) is 0 Å². The number of piperazine rings is 1. The third-order valence-corrected chi connectivity index (χ3v) is 5.67. The summed E-state index contributed by atoms with van der Waals surface area (Å²) in [6.07, 6.45) is 8.00. The molecule has 1 atom stereocenters. The van der Waals surface area contributed by atoms with Crippen LogP contribution in [-0.4, -0.2) is 33.8 Å². The van der Waals surface area contributed by atoms with Crippen molar-refractivity contribution in [1.82, 2.24) is 10.2 Å². The van der Waals surface area contributed by atoms with Gasteiger partial charge in [-0.2, -0.15) is 0 Å². The molecule has 106 valence electrons. The van der Waals surface area contributed by atoms with Gasteiger partial charge in [0, 0.05) is 5.54 Å². The highest BCUT2D eigenvalue weighted by molar-refractivity contribution is 6.00. The van der Waals surface area contributed by atoms with Crippen molar-refractivity contribution in [1.29, 1.82) is 0 Å². The number of carbonyl (C=O) groups excluding carboxylic acids is 2. The first-order valence-electron chi connectivity index (χ1n) is 7.70. The SMILES string of the molecule is CCC1(N2C(=O)C3(CCCC3)NC(=O)C2C)CCC1. The molecular formula is C15H24N2O2. The minimum atomic E-state index is -0.568. The van der Waals surface area contributed by atoms with Crippen molar-refractivity contribution in [2.75, 3.05) is 0 Å². The molecule has 3 fully saturated rings. The van der Waals surface area contributed by atoms with Crippen molar-refractivity contribution in [2.45, 2.75) is 82.3 Å². The molecule has 1 saturated heterocycles. The molecule has 2 aliphatic carbocycles. The Morgan fingerprint density at radius 1 is 1.16 bits per heavy atom. The van der Waals surface area contributed by atoms with Gasteiger partial charge < -0.3 is 10.2 Å². The minimum absolute atomic E-state index is 0.0378. The van der Waals surface area contributed by atoms with Gasteiger partial charge >= 0.3 is 0 Å². The molecule has 1 aliphatic heterocycles. The maximum atomic E-state index is 13.0. The van der Waals surface area contributed by atoms with E-state index in [9.17, 15) is 9.59 Å². The van der Waals surface area contributed by atoms with Crippen LogP contribution in [0.1, 0.15) is 65.2 Å². The topological polar surface area (TPSA) is 49.4 Å². The first kappa shape index (κ1) is 12.9. The van der Waals surface area contributed by atoms with Gasteiger partial charge in [-0.3, -0.25) is 9.59 Å². The van der Waals surface area contributed by atoms with Crippen molar-refractivity contribution < 1.29 is 9.59 Å². The highest BCUT2D eigenvalue weighted by Gasteiger charge is 2.57. The normalized spacial score (nSPS) is 32.3. The van der Waals surface area contributed by atoms with Crippen LogP contribution in [-0.2, 0) is 9.59 Å². The number of nitrogens with one attached hydrogen (secondary N) is 1. The largest absolute Gasteiger partial charge is 0.340 e. The van der Waals surface area contributed by atoms with Crippen LogP contribution in [0.25, 0.3) is 0 Å². The minimum Gasteiger partial charge on any atom is -0.340 e. The van der Waals surface area contributed by atoms with Crippen LogP contribution < -0.4 is 5.32 Å². The summed E-state index contributed by atoms with van der Waals surface area (Å²) < 4.78 is 0. The van der Waals surface area contributed by atoms with Gasteiger partial charge in [0.1, 0.15) is 11.6 Å². The molecular weight excluding hydrogens is 240 g/mol. The molecule has 3 aliphatic rings. The lowest BCUT2D eigenvalue weighted by Gasteiger charge is -2.56. The van der Waals surface area contributed by atoms with Gasteiger partial charge in [0.15, 0.2) is 0 Å². The molecule has 2 amide bonds. The third-order valence-electron chi connectivity index (χ3n) is 5.67. The number of nitrogens with zero attached hydrogens (tertiary/aromatic N) is 1. The highest BCUT2D eigenvalue weighted by atomic mass is 16.2. The summed E-state index contributed by atoms with van der Waals surface area (Å²) in [5, 5.41) is 3.04. The van der Waals surface area contributed by atoms with Crippen molar-refractivity contribution >= 4 is 11.8 Å². The van der Waals surface area contributed by atoms with Crippen LogP contribution in [0.2, 0.25) is 0 Å². The van der Waals surface area contributed by atoms with Crippen molar-refractivity contribution in [3.05, 3.63) is 0 Å². The van der Waals surface area contributed by atoms with E-state index in [2.05, 4.69) is 12.2 Å². The van der Waals surface area contributed by atoms with E-state index < -0.39 is 5.54 Å². The summed E-state index contributed by atoms with van der Waals surface area (Å²) in [6.45, 7) is 4.03. The van der Waals surface area contributed by atoms with Gasteiger partial charge in [-0.25, -0.2) is 0 Å². The van der Waals surface area contributed by atoms with Crippen LogP contribution in [0, 0.1) is 0 Å². The second kappa shape index (κ2) is 4.22. The maximum absolute atomic E-state index is 13.0. The molecule has 1 unspecified atom stereocenters. The smallest absolute Gasteiger partial charge is 0.249 e. The quantitative estimate of drug-likeness (QED) is 0.829. The predicted molar refractivity (Wildman–Crippen MR) is 72.5 cm³/mol. The molecule has 0 radical (unpaired) electrons. The van der Waals surface area contributed by atoms with Crippen molar-refractivity contribution in [3.63, 3.8) is 0 Å². The fraction of sp³-hybridized carbons (Fsp3) is 0.867. The van der Waals surface area contributed by atoms with Gasteiger partial charge in [0.25, 0.3) is 0 Å². The molecule has 2 saturated carbocycles. The molecule has 0 aromatic heterocycles. The van der Waals surface area contributed by atoms with E-state index in [-0.39, 0.29) is 23.4 Å². The summed E-state index contributed by atoms with van der Waals surface area (Å²) in [6, 6.07) is -0.307. The van der Waals surface area contributed by atoms with Crippen molar-refractivity contribution in [3.8, 4) is 0 Å². The summed E-state index contributed by atoms with van der Waals surface area (Å²) >= 11 is 0. The molecule has 4 heteroatoms. The summed E-state index contributed by atoms with van der Waals surface area (Å²) in [4.78, 5) is 27.3. The fourth-order valence-electron chi connectivity index (χ4n) is 4.21. The molecule has 1 heterocycles. The second-order valence-electron chi connectivity index (χ2n) is 6.56. The molecule has 3 rings (SSSR count). The average molecular weight is 264 g/mol. The predicted octanol–water partition coefficient (Wildman–Crippen LogP) is 1.98. The zero-order valence-corrected chi connectivity index (χ0v) is 12.0. The molecule has 19 heavy (non-hydrogen) atoms. The average Bonchev–Trinajstić information content (AvgIpc) is 2.80. The van der Waals surface area contributed by atoms with Crippen LogP contribution in [0.15, 0.2) is 0 Å². The number of amides is 2. The third kappa shape index (κ3) is 1.65. The van der Waals surface area contributed by atoms with E-state index in [1.54, 1.807) is 0 Å². The summed E-state index contributed by atoms with van der Waals surface area (Å²) in [7, 11) is 0. The van der Waals surface area contributed by atoms with E-state index in [0.717, 1.165) is 44.9 Å². The van der Waals surface area contributed by atoms with Gasteiger partial charge in [-0.05, 0) is 45.4 Å². The zero-order valence-electron chi connectivity index (χ0n) is 12.0. The molecule has 1 N–H and O–H groups in total. The molecule has 0 aromatic rings. The van der Waals surface area contributed by atoms with E-state index in [4.69, 9.17) is 0 Å². The Morgan fingerprint density at radius 3 is 2.26 bits per heavy atom. The number of carbonyl (C=O) groups is 2. The Labute approximate surface area is 114 Å². The number of rotatable bonds is 2. The Kier molecular flexibility index (Phi) is 2.88. The first-order valence-corrected chi connectivity index (χ1v) is 7.70. The Morgan fingerprint density at radius 2 is 1.79 bits per heavy atom. The summed E-state index contributed by atoms with van der Waals surface area (Å²) in [5.41, 5.74) is -0.606. The van der Waals surface area contributed by atoms with Crippen LogP contribution in [0.5, 0.6) is 0 Å².